The van der Waals surface area contributed by atoms with Crippen LogP contribution in [0.2, 0.25) is 0 Å². The lowest BCUT2D eigenvalue weighted by molar-refractivity contribution is 0.0968. The Morgan fingerprint density at radius 1 is 1.03 bits per heavy atom. The van der Waals surface area contributed by atoms with E-state index in [2.05, 4.69) is 27.8 Å². The lowest BCUT2D eigenvalue weighted by Gasteiger charge is -2.16. The van der Waals surface area contributed by atoms with E-state index in [1.165, 1.54) is 17.7 Å². The third-order valence-electron chi connectivity index (χ3n) is 6.34. The molecule has 0 spiro atoms. The summed E-state index contributed by atoms with van der Waals surface area (Å²) in [5.74, 6) is -0.0464. The first kappa shape index (κ1) is 22.2. The van der Waals surface area contributed by atoms with Gasteiger partial charge in [0.05, 0.1) is 16.8 Å². The van der Waals surface area contributed by atoms with Crippen molar-refractivity contribution in [1.82, 2.24) is 10.3 Å². The van der Waals surface area contributed by atoms with E-state index in [1.54, 1.807) is 6.20 Å². The lowest BCUT2D eigenvalue weighted by atomic mass is 9.98. The second-order valence-electron chi connectivity index (χ2n) is 9.11. The Bertz CT molecular complexity index is 1340. The van der Waals surface area contributed by atoms with E-state index >= 15 is 0 Å². The number of hydrogen-bond acceptors (Lipinski definition) is 4. The number of nitrogens with one attached hydrogen (secondary N) is 2. The quantitative estimate of drug-likeness (QED) is 0.301. The largest absolute Gasteiger partial charge is 0.354 e. The zero-order chi connectivity index (χ0) is 23.7. The van der Waals surface area contributed by atoms with E-state index < -0.39 is 0 Å². The van der Waals surface area contributed by atoms with Gasteiger partial charge in [0.1, 0.15) is 5.82 Å². The highest BCUT2D eigenvalue weighted by Gasteiger charge is 2.32. The monoisotopic (exact) mass is 453 g/mol. The van der Waals surface area contributed by atoms with Crippen LogP contribution in [0.15, 0.2) is 66.9 Å². The van der Waals surface area contributed by atoms with Gasteiger partial charge in [-0.05, 0) is 98.4 Å². The number of carbonyl (C=O) groups is 1. The van der Waals surface area contributed by atoms with Crippen LogP contribution < -0.4 is 10.6 Å². The van der Waals surface area contributed by atoms with Gasteiger partial charge in [0.25, 0.3) is 0 Å². The molecule has 0 aliphatic heterocycles. The van der Waals surface area contributed by atoms with Gasteiger partial charge in [-0.3, -0.25) is 9.78 Å². The standard InChI is InChI=1S/C29H28FN3O/c1-18-13-22(15-23(30)14-18)21-7-10-27-25(16-21)28(26(17-32-27)29(34)20-5-6-20)33-24-8-3-19(4-9-24)11-12-31-2/h3-4,7-10,13-17,20,31H,5-6,11-12H2,1-2H3,(H,32,33). The number of likely N-dealkylation sites (N-methyl/N-ethyl adjacent to an activating group) is 1. The minimum Gasteiger partial charge on any atom is -0.354 e. The molecule has 1 saturated carbocycles. The molecule has 0 saturated heterocycles. The van der Waals surface area contributed by atoms with Crippen molar-refractivity contribution in [1.29, 1.82) is 0 Å². The number of rotatable bonds is 8. The van der Waals surface area contributed by atoms with E-state index in [-0.39, 0.29) is 17.5 Å². The highest BCUT2D eigenvalue weighted by Crippen LogP contribution is 2.38. The summed E-state index contributed by atoms with van der Waals surface area (Å²) in [5, 5.41) is 7.53. The van der Waals surface area contributed by atoms with Gasteiger partial charge in [-0.1, -0.05) is 24.3 Å². The van der Waals surface area contributed by atoms with Crippen molar-refractivity contribution >= 4 is 28.1 Å². The van der Waals surface area contributed by atoms with Gasteiger partial charge >= 0.3 is 0 Å². The topological polar surface area (TPSA) is 54.0 Å². The molecule has 3 aromatic carbocycles. The zero-order valence-corrected chi connectivity index (χ0v) is 19.5. The first-order valence-corrected chi connectivity index (χ1v) is 11.8. The van der Waals surface area contributed by atoms with Gasteiger partial charge in [0.15, 0.2) is 5.78 Å². The average molecular weight is 454 g/mol. The number of benzene rings is 3. The highest BCUT2D eigenvalue weighted by molar-refractivity contribution is 6.11. The van der Waals surface area contributed by atoms with E-state index in [0.29, 0.717) is 5.56 Å². The van der Waals surface area contributed by atoms with Crippen molar-refractivity contribution in [3.05, 3.63) is 89.4 Å². The average Bonchev–Trinajstić information content (AvgIpc) is 3.68. The normalized spacial score (nSPS) is 13.3. The fourth-order valence-electron chi connectivity index (χ4n) is 4.33. The Labute approximate surface area is 199 Å². The van der Waals surface area contributed by atoms with Crippen LogP contribution in [0, 0.1) is 18.7 Å². The van der Waals surface area contributed by atoms with Crippen LogP contribution in [0.5, 0.6) is 0 Å². The second-order valence-corrected chi connectivity index (χ2v) is 9.11. The van der Waals surface area contributed by atoms with Crippen LogP contribution >= 0.6 is 0 Å². The zero-order valence-electron chi connectivity index (χ0n) is 19.5. The van der Waals surface area contributed by atoms with Gasteiger partial charge < -0.3 is 10.6 Å². The molecule has 5 rings (SSSR count). The van der Waals surface area contributed by atoms with Crippen LogP contribution in [0.1, 0.15) is 34.3 Å². The number of hydrogen-bond donors (Lipinski definition) is 2. The highest BCUT2D eigenvalue weighted by atomic mass is 19.1. The summed E-state index contributed by atoms with van der Waals surface area (Å²) >= 11 is 0. The van der Waals surface area contributed by atoms with Gasteiger partial charge in [-0.15, -0.1) is 0 Å². The van der Waals surface area contributed by atoms with Crippen molar-refractivity contribution in [2.75, 3.05) is 18.9 Å². The molecule has 4 aromatic rings. The number of anilines is 2. The number of nitrogens with zero attached hydrogens (tertiary/aromatic N) is 1. The minimum absolute atomic E-state index is 0.0813. The molecule has 0 atom stereocenters. The molecule has 2 N–H and O–H groups in total. The first-order chi connectivity index (χ1) is 16.5. The number of aromatic nitrogens is 1. The number of fused-ring (bicyclic) bond motifs is 1. The Balaban J connectivity index is 1.60. The molecule has 1 heterocycles. The molecular formula is C29H28FN3O. The van der Waals surface area contributed by atoms with E-state index in [0.717, 1.165) is 64.8 Å². The maximum atomic E-state index is 14.1. The number of ketones is 1. The van der Waals surface area contributed by atoms with Crippen LogP contribution in [0.4, 0.5) is 15.8 Å². The van der Waals surface area contributed by atoms with Gasteiger partial charge in [-0.25, -0.2) is 4.39 Å². The van der Waals surface area contributed by atoms with Crippen molar-refractivity contribution in [3.63, 3.8) is 0 Å². The summed E-state index contributed by atoms with van der Waals surface area (Å²) in [6.45, 7) is 2.80. The third-order valence-corrected chi connectivity index (χ3v) is 6.34. The maximum absolute atomic E-state index is 14.1. The molecule has 0 radical (unpaired) electrons. The fourth-order valence-corrected chi connectivity index (χ4v) is 4.33. The van der Waals surface area contributed by atoms with Crippen LogP contribution in [0.25, 0.3) is 22.0 Å². The number of Topliss-reactive ketones (excluding diaryl/α,β-unsaturated/α-hetero) is 1. The summed E-state index contributed by atoms with van der Waals surface area (Å²) in [4.78, 5) is 17.7. The molecule has 1 fully saturated rings. The Morgan fingerprint density at radius 3 is 2.53 bits per heavy atom. The Morgan fingerprint density at radius 2 is 1.82 bits per heavy atom. The fraction of sp³-hybridized carbons (Fsp3) is 0.241. The predicted molar refractivity (Wildman–Crippen MR) is 136 cm³/mol. The van der Waals surface area contributed by atoms with Crippen molar-refractivity contribution in [3.8, 4) is 11.1 Å². The molecule has 5 heteroatoms. The Kier molecular flexibility index (Phi) is 6.12. The van der Waals surface area contributed by atoms with Crippen molar-refractivity contribution in [2.24, 2.45) is 5.92 Å². The SMILES string of the molecule is CNCCc1ccc(Nc2c(C(=O)C3CC3)cnc3ccc(-c4cc(C)cc(F)c4)cc23)cc1. The lowest BCUT2D eigenvalue weighted by Crippen LogP contribution is -2.10. The molecule has 0 amide bonds. The van der Waals surface area contributed by atoms with Crippen LogP contribution in [0.3, 0.4) is 0 Å². The minimum atomic E-state index is -0.261. The molecule has 0 unspecified atom stereocenters. The summed E-state index contributed by atoms with van der Waals surface area (Å²) < 4.78 is 14.1. The number of aryl methyl sites for hydroxylation is 1. The summed E-state index contributed by atoms with van der Waals surface area (Å²) in [6.07, 6.45) is 4.51. The summed E-state index contributed by atoms with van der Waals surface area (Å²) in [6, 6.07) is 19.2. The van der Waals surface area contributed by atoms with E-state index in [4.69, 9.17) is 0 Å². The molecule has 0 bridgehead atoms. The number of halogens is 1. The molecule has 1 aromatic heterocycles. The van der Waals surface area contributed by atoms with Crippen LogP contribution in [-0.2, 0) is 6.42 Å². The molecule has 34 heavy (non-hydrogen) atoms. The molecular weight excluding hydrogens is 425 g/mol. The van der Waals surface area contributed by atoms with Crippen molar-refractivity contribution in [2.45, 2.75) is 26.2 Å². The maximum Gasteiger partial charge on any atom is 0.169 e. The smallest absolute Gasteiger partial charge is 0.169 e. The van der Waals surface area contributed by atoms with Gasteiger partial charge in [0.2, 0.25) is 0 Å². The number of pyridine rings is 1. The summed E-state index contributed by atoms with van der Waals surface area (Å²) in [5.41, 5.74) is 6.88. The summed E-state index contributed by atoms with van der Waals surface area (Å²) in [7, 11) is 1.95. The predicted octanol–water partition coefficient (Wildman–Crippen LogP) is 6.45. The van der Waals surface area contributed by atoms with Gasteiger partial charge in [0, 0.05) is 23.2 Å². The van der Waals surface area contributed by atoms with E-state index in [9.17, 15) is 9.18 Å². The molecule has 172 valence electrons. The van der Waals surface area contributed by atoms with Crippen LogP contribution in [-0.4, -0.2) is 24.4 Å². The third kappa shape index (κ3) is 4.70. The van der Waals surface area contributed by atoms with Crippen molar-refractivity contribution < 1.29 is 9.18 Å². The molecule has 1 aliphatic carbocycles. The Hall–Kier alpha value is -3.57. The number of carbonyl (C=O) groups excluding carboxylic acids is 1. The first-order valence-electron chi connectivity index (χ1n) is 11.8. The molecule has 4 nitrogen and oxygen atoms in total. The molecule has 1 aliphatic rings. The van der Waals surface area contributed by atoms with Gasteiger partial charge in [-0.2, -0.15) is 0 Å². The van der Waals surface area contributed by atoms with E-state index in [1.807, 2.05) is 50.4 Å². The second kappa shape index (κ2) is 9.35.